The summed E-state index contributed by atoms with van der Waals surface area (Å²) in [5.74, 6) is -0.0470. The molecule has 0 spiro atoms. The maximum atomic E-state index is 10.8. The second-order valence-electron chi connectivity index (χ2n) is 5.09. The van der Waals surface area contributed by atoms with E-state index >= 15 is 0 Å². The van der Waals surface area contributed by atoms with E-state index in [9.17, 15) is 4.79 Å². The average Bonchev–Trinajstić information content (AvgIpc) is 2.17. The zero-order chi connectivity index (χ0) is 13.2. The summed E-state index contributed by atoms with van der Waals surface area (Å²) < 4.78 is 5.87. The minimum absolute atomic E-state index is 0.0141. The number of carboxylic acid groups (broad SMARTS) is 1. The van der Waals surface area contributed by atoms with Crippen LogP contribution in [0.5, 0.6) is 5.75 Å². The third-order valence-corrected chi connectivity index (χ3v) is 2.83. The molecule has 0 aromatic heterocycles. The van der Waals surface area contributed by atoms with E-state index in [0.29, 0.717) is 0 Å². The first kappa shape index (κ1) is 13.6. The molecule has 1 N–H and O–H groups in total. The topological polar surface area (TPSA) is 46.5 Å². The highest BCUT2D eigenvalue weighted by Gasteiger charge is 2.25. The van der Waals surface area contributed by atoms with Gasteiger partial charge in [0.2, 0.25) is 0 Å². The Labute approximate surface area is 102 Å². The maximum absolute atomic E-state index is 10.8. The summed E-state index contributed by atoms with van der Waals surface area (Å²) in [7, 11) is 0. The lowest BCUT2D eigenvalue weighted by Gasteiger charge is -2.27. The van der Waals surface area contributed by atoms with Crippen molar-refractivity contribution in [2.75, 3.05) is 0 Å². The van der Waals surface area contributed by atoms with E-state index in [1.807, 2.05) is 32.9 Å². The molecule has 0 unspecified atom stereocenters. The van der Waals surface area contributed by atoms with Gasteiger partial charge in [0.05, 0.1) is 6.42 Å². The van der Waals surface area contributed by atoms with Crippen molar-refractivity contribution in [3.8, 4) is 5.75 Å². The maximum Gasteiger partial charge on any atom is 0.307 e. The molecule has 0 bridgehead atoms. The summed E-state index contributed by atoms with van der Waals surface area (Å²) in [6.45, 7) is 9.57. The van der Waals surface area contributed by atoms with Crippen molar-refractivity contribution in [1.82, 2.24) is 0 Å². The van der Waals surface area contributed by atoms with Gasteiger partial charge in [-0.05, 0) is 51.3 Å². The fourth-order valence-electron chi connectivity index (χ4n) is 1.76. The second kappa shape index (κ2) is 4.78. The summed E-state index contributed by atoms with van der Waals surface area (Å²) >= 11 is 0. The van der Waals surface area contributed by atoms with Crippen molar-refractivity contribution in [1.29, 1.82) is 0 Å². The van der Waals surface area contributed by atoms with Crippen molar-refractivity contribution < 1.29 is 14.6 Å². The lowest BCUT2D eigenvalue weighted by atomic mass is 10.0. The molecular weight excluding hydrogens is 216 g/mol. The van der Waals surface area contributed by atoms with Gasteiger partial charge in [0.15, 0.2) is 0 Å². The van der Waals surface area contributed by atoms with Crippen molar-refractivity contribution in [3.63, 3.8) is 0 Å². The summed E-state index contributed by atoms with van der Waals surface area (Å²) in [4.78, 5) is 10.8. The van der Waals surface area contributed by atoms with Gasteiger partial charge in [0.25, 0.3) is 0 Å². The quantitative estimate of drug-likeness (QED) is 0.873. The Morgan fingerprint density at radius 3 is 2.29 bits per heavy atom. The van der Waals surface area contributed by atoms with Crippen molar-refractivity contribution >= 4 is 5.97 Å². The summed E-state index contributed by atoms with van der Waals surface area (Å²) in [5, 5.41) is 8.84. The highest BCUT2D eigenvalue weighted by atomic mass is 16.5. The van der Waals surface area contributed by atoms with Gasteiger partial charge in [0, 0.05) is 0 Å². The number of aryl methyl sites for hydroxylation is 2. The Morgan fingerprint density at radius 1 is 1.24 bits per heavy atom. The van der Waals surface area contributed by atoms with Crippen LogP contribution in [-0.4, -0.2) is 16.7 Å². The molecular formula is C14H20O3. The molecule has 0 atom stereocenters. The van der Waals surface area contributed by atoms with Crippen molar-refractivity contribution in [2.24, 2.45) is 0 Å². The highest BCUT2D eigenvalue weighted by molar-refractivity contribution is 5.68. The van der Waals surface area contributed by atoms with Crippen LogP contribution in [0.2, 0.25) is 0 Å². The standard InChI is InChI=1S/C14H20O3/c1-9-6-7-10(2)13(11(9)3)17-14(4,5)8-12(15)16/h6-7H,8H2,1-5H3,(H,15,16). The highest BCUT2D eigenvalue weighted by Crippen LogP contribution is 2.30. The van der Waals surface area contributed by atoms with Crippen LogP contribution in [0.3, 0.4) is 0 Å². The van der Waals surface area contributed by atoms with Gasteiger partial charge in [-0.15, -0.1) is 0 Å². The zero-order valence-electron chi connectivity index (χ0n) is 11.1. The third kappa shape index (κ3) is 3.48. The number of carboxylic acids is 1. The van der Waals surface area contributed by atoms with Crippen molar-refractivity contribution in [2.45, 2.75) is 46.6 Å². The zero-order valence-corrected chi connectivity index (χ0v) is 11.1. The summed E-state index contributed by atoms with van der Waals surface area (Å²) in [5.41, 5.74) is 2.56. The lowest BCUT2D eigenvalue weighted by molar-refractivity contribution is -0.140. The molecule has 1 aromatic carbocycles. The Balaban J connectivity index is 3.02. The van der Waals surface area contributed by atoms with Crippen LogP contribution in [0.25, 0.3) is 0 Å². The fourth-order valence-corrected chi connectivity index (χ4v) is 1.76. The number of aliphatic carboxylic acids is 1. The molecule has 0 fully saturated rings. The van der Waals surface area contributed by atoms with E-state index in [0.717, 1.165) is 22.4 Å². The molecule has 94 valence electrons. The van der Waals surface area contributed by atoms with Gasteiger partial charge in [-0.2, -0.15) is 0 Å². The number of rotatable bonds is 4. The van der Waals surface area contributed by atoms with Crippen LogP contribution >= 0.6 is 0 Å². The Kier molecular flexibility index (Phi) is 3.81. The van der Waals surface area contributed by atoms with Crippen molar-refractivity contribution in [3.05, 3.63) is 28.8 Å². The largest absolute Gasteiger partial charge is 0.487 e. The molecule has 1 rings (SSSR count). The van der Waals surface area contributed by atoms with E-state index in [-0.39, 0.29) is 6.42 Å². The monoisotopic (exact) mass is 236 g/mol. The Morgan fingerprint density at radius 2 is 1.76 bits per heavy atom. The number of carbonyl (C=O) groups is 1. The van der Waals surface area contributed by atoms with Gasteiger partial charge in [-0.1, -0.05) is 12.1 Å². The first-order valence-electron chi connectivity index (χ1n) is 5.70. The Bertz CT molecular complexity index is 433. The number of hydrogen-bond acceptors (Lipinski definition) is 2. The average molecular weight is 236 g/mol. The molecule has 3 heteroatoms. The normalized spacial score (nSPS) is 11.4. The van der Waals surface area contributed by atoms with Crippen LogP contribution < -0.4 is 4.74 Å². The molecule has 0 aliphatic carbocycles. The predicted molar refractivity (Wildman–Crippen MR) is 67.6 cm³/mol. The first-order valence-corrected chi connectivity index (χ1v) is 5.70. The number of hydrogen-bond donors (Lipinski definition) is 1. The van der Waals surface area contributed by atoms with E-state index in [4.69, 9.17) is 9.84 Å². The van der Waals surface area contributed by atoms with Gasteiger partial charge in [-0.25, -0.2) is 0 Å². The molecule has 0 aliphatic heterocycles. The third-order valence-electron chi connectivity index (χ3n) is 2.83. The molecule has 0 aliphatic rings. The van der Waals surface area contributed by atoms with Crippen LogP contribution in [0.15, 0.2) is 12.1 Å². The smallest absolute Gasteiger partial charge is 0.307 e. The second-order valence-corrected chi connectivity index (χ2v) is 5.09. The van der Waals surface area contributed by atoms with Gasteiger partial charge in [0.1, 0.15) is 11.4 Å². The molecule has 0 radical (unpaired) electrons. The van der Waals surface area contributed by atoms with Gasteiger partial charge >= 0.3 is 5.97 Å². The molecule has 3 nitrogen and oxygen atoms in total. The van der Waals surface area contributed by atoms with Crippen LogP contribution in [0.4, 0.5) is 0 Å². The SMILES string of the molecule is Cc1ccc(C)c(OC(C)(C)CC(=O)O)c1C. The van der Waals surface area contributed by atoms with Gasteiger partial charge in [-0.3, -0.25) is 4.79 Å². The number of ether oxygens (including phenoxy) is 1. The fraction of sp³-hybridized carbons (Fsp3) is 0.500. The molecule has 0 saturated heterocycles. The molecule has 0 heterocycles. The van der Waals surface area contributed by atoms with E-state index < -0.39 is 11.6 Å². The van der Waals surface area contributed by atoms with Crippen LogP contribution in [-0.2, 0) is 4.79 Å². The number of benzene rings is 1. The van der Waals surface area contributed by atoms with Gasteiger partial charge < -0.3 is 9.84 Å². The van der Waals surface area contributed by atoms with E-state index in [2.05, 4.69) is 0 Å². The molecule has 0 amide bonds. The van der Waals surface area contributed by atoms with Crippen LogP contribution in [0.1, 0.15) is 37.0 Å². The van der Waals surface area contributed by atoms with Crippen LogP contribution in [0, 0.1) is 20.8 Å². The lowest BCUT2D eigenvalue weighted by Crippen LogP contribution is -2.31. The molecule has 17 heavy (non-hydrogen) atoms. The Hall–Kier alpha value is -1.51. The molecule has 1 aromatic rings. The molecule has 0 saturated carbocycles. The minimum Gasteiger partial charge on any atom is -0.487 e. The summed E-state index contributed by atoms with van der Waals surface area (Å²) in [6.07, 6.45) is -0.0141. The van der Waals surface area contributed by atoms with E-state index in [1.165, 1.54) is 0 Å². The van der Waals surface area contributed by atoms with E-state index in [1.54, 1.807) is 13.8 Å². The predicted octanol–water partition coefficient (Wildman–Crippen LogP) is 3.24. The minimum atomic E-state index is -0.849. The summed E-state index contributed by atoms with van der Waals surface area (Å²) in [6, 6.07) is 4.04. The first-order chi connectivity index (χ1) is 7.73.